The summed E-state index contributed by atoms with van der Waals surface area (Å²) < 4.78 is 11.1. The Balaban J connectivity index is 2.18. The fourth-order valence-corrected chi connectivity index (χ4v) is 3.77. The molecule has 1 aromatic carbocycles. The highest BCUT2D eigenvalue weighted by Crippen LogP contribution is 2.54. The summed E-state index contributed by atoms with van der Waals surface area (Å²) >= 11 is 0. The third-order valence-corrected chi connectivity index (χ3v) is 4.87. The molecule has 3 heterocycles. The van der Waals surface area contributed by atoms with E-state index in [1.807, 2.05) is 6.07 Å². The molecule has 1 aromatic heterocycles. The minimum absolute atomic E-state index is 0.0584. The Morgan fingerprint density at radius 2 is 2.11 bits per heavy atom. The lowest BCUT2D eigenvalue weighted by Crippen LogP contribution is -2.46. The van der Waals surface area contributed by atoms with Crippen molar-refractivity contribution < 1.29 is 19.1 Å². The molecular weight excluding hydrogens is 362 g/mol. The van der Waals surface area contributed by atoms with Gasteiger partial charge in [0.25, 0.3) is 5.91 Å². The van der Waals surface area contributed by atoms with Crippen molar-refractivity contribution in [2.24, 2.45) is 5.73 Å². The van der Waals surface area contributed by atoms with E-state index >= 15 is 0 Å². The molecule has 2 aliphatic rings. The molecule has 8 nitrogen and oxygen atoms in total. The first kappa shape index (κ1) is 17.6. The Morgan fingerprint density at radius 3 is 2.79 bits per heavy atom. The predicted molar refractivity (Wildman–Crippen MR) is 98.1 cm³/mol. The van der Waals surface area contributed by atoms with Gasteiger partial charge in [0.1, 0.15) is 24.0 Å². The highest BCUT2D eigenvalue weighted by Gasteiger charge is 2.61. The van der Waals surface area contributed by atoms with E-state index in [2.05, 4.69) is 6.58 Å². The number of nitriles is 1. The van der Waals surface area contributed by atoms with E-state index in [0.29, 0.717) is 11.3 Å². The number of aliphatic hydroxyl groups is 1. The molecule has 0 radical (unpaired) electrons. The minimum Gasteiger partial charge on any atom is -0.457 e. The molecule has 8 heteroatoms. The normalized spacial score (nSPS) is 19.9. The number of rotatable bonds is 3. The van der Waals surface area contributed by atoms with Crippen LogP contribution in [-0.4, -0.2) is 17.6 Å². The van der Waals surface area contributed by atoms with Gasteiger partial charge >= 0.3 is 0 Å². The van der Waals surface area contributed by atoms with Gasteiger partial charge in [-0.3, -0.25) is 9.59 Å². The maximum atomic E-state index is 13.7. The van der Waals surface area contributed by atoms with Crippen LogP contribution in [0.5, 0.6) is 5.75 Å². The van der Waals surface area contributed by atoms with Gasteiger partial charge in [-0.25, -0.2) is 0 Å². The van der Waals surface area contributed by atoms with Crippen molar-refractivity contribution >= 4 is 11.6 Å². The quantitative estimate of drug-likeness (QED) is 0.764. The Kier molecular flexibility index (Phi) is 3.84. The van der Waals surface area contributed by atoms with Crippen molar-refractivity contribution in [2.45, 2.75) is 12.0 Å². The summed E-state index contributed by atoms with van der Waals surface area (Å²) in [6, 6.07) is 9.86. The molecular formula is C20H15N3O5. The van der Waals surface area contributed by atoms with Crippen LogP contribution in [0.3, 0.4) is 0 Å². The molecule has 0 saturated carbocycles. The average molecular weight is 377 g/mol. The first-order chi connectivity index (χ1) is 13.5. The molecule has 4 rings (SSSR count). The van der Waals surface area contributed by atoms with Crippen LogP contribution in [0.25, 0.3) is 0 Å². The monoisotopic (exact) mass is 377 g/mol. The molecule has 140 valence electrons. The van der Waals surface area contributed by atoms with Gasteiger partial charge < -0.3 is 24.9 Å². The number of carbonyl (C=O) groups is 1. The lowest BCUT2D eigenvalue weighted by molar-refractivity contribution is -0.121. The molecule has 28 heavy (non-hydrogen) atoms. The number of carbonyl (C=O) groups excluding carboxylic acids is 1. The predicted octanol–water partition coefficient (Wildman–Crippen LogP) is 1.04. The van der Waals surface area contributed by atoms with E-state index in [4.69, 9.17) is 14.9 Å². The highest BCUT2D eigenvalue weighted by molar-refractivity contribution is 6.13. The first-order valence-electron chi connectivity index (χ1n) is 8.39. The Labute approximate surface area is 159 Å². The number of aliphatic hydroxyl groups excluding tert-OH is 1. The molecule has 1 amide bonds. The maximum Gasteiger partial charge on any atom is 0.251 e. The highest BCUT2D eigenvalue weighted by atomic mass is 16.5. The zero-order valence-corrected chi connectivity index (χ0v) is 14.6. The molecule has 0 unspecified atom stereocenters. The van der Waals surface area contributed by atoms with Crippen LogP contribution in [0.15, 0.2) is 63.7 Å². The first-order valence-corrected chi connectivity index (χ1v) is 8.39. The van der Waals surface area contributed by atoms with Gasteiger partial charge in [-0.15, -0.1) is 6.58 Å². The molecule has 0 saturated heterocycles. The summed E-state index contributed by atoms with van der Waals surface area (Å²) in [5.41, 5.74) is 4.35. The number of nitrogens with two attached hydrogens (primary N) is 1. The van der Waals surface area contributed by atoms with Crippen molar-refractivity contribution in [2.75, 3.05) is 11.4 Å². The Hall–Kier alpha value is -3.83. The summed E-state index contributed by atoms with van der Waals surface area (Å²) in [6.45, 7) is 3.29. The van der Waals surface area contributed by atoms with E-state index in [1.165, 1.54) is 4.90 Å². The van der Waals surface area contributed by atoms with Crippen LogP contribution in [0.1, 0.15) is 17.1 Å². The third kappa shape index (κ3) is 2.02. The lowest BCUT2D eigenvalue weighted by Gasteiger charge is -2.32. The van der Waals surface area contributed by atoms with Gasteiger partial charge in [-0.1, -0.05) is 24.3 Å². The molecule has 3 N–H and O–H groups in total. The average Bonchev–Trinajstić information content (AvgIpc) is 2.93. The SMILES string of the molecule is C=CCN1C(=O)[C@]2(C(C#N)=C(N)Oc3c2oc(CO)cc3=O)c2ccccc21. The molecule has 1 atom stereocenters. The van der Waals surface area contributed by atoms with E-state index in [-0.39, 0.29) is 35.3 Å². The number of hydrogen-bond acceptors (Lipinski definition) is 7. The van der Waals surface area contributed by atoms with Crippen molar-refractivity contribution in [3.05, 3.63) is 81.8 Å². The van der Waals surface area contributed by atoms with Gasteiger partial charge in [0.15, 0.2) is 11.2 Å². The number of para-hydroxylation sites is 1. The van der Waals surface area contributed by atoms with Crippen LogP contribution >= 0.6 is 0 Å². The second-order valence-electron chi connectivity index (χ2n) is 6.32. The van der Waals surface area contributed by atoms with Crippen LogP contribution in [0.2, 0.25) is 0 Å². The van der Waals surface area contributed by atoms with Gasteiger partial charge in [-0.05, 0) is 6.07 Å². The van der Waals surface area contributed by atoms with Crippen LogP contribution in [0.4, 0.5) is 5.69 Å². The Bertz CT molecular complexity index is 1160. The number of nitrogens with zero attached hydrogens (tertiary/aromatic N) is 2. The second-order valence-corrected chi connectivity index (χ2v) is 6.32. The summed E-state index contributed by atoms with van der Waals surface area (Å²) in [4.78, 5) is 27.7. The van der Waals surface area contributed by atoms with Crippen LogP contribution < -0.4 is 20.8 Å². The van der Waals surface area contributed by atoms with E-state index in [1.54, 1.807) is 30.3 Å². The zero-order valence-electron chi connectivity index (χ0n) is 14.6. The lowest BCUT2D eigenvalue weighted by atomic mass is 9.72. The zero-order chi connectivity index (χ0) is 20.1. The van der Waals surface area contributed by atoms with Gasteiger partial charge in [-0.2, -0.15) is 5.26 Å². The summed E-state index contributed by atoms with van der Waals surface area (Å²) in [6.07, 6.45) is 1.55. The van der Waals surface area contributed by atoms with E-state index < -0.39 is 23.4 Å². The van der Waals surface area contributed by atoms with Crippen molar-refractivity contribution in [1.82, 2.24) is 0 Å². The number of hydrogen-bond donors (Lipinski definition) is 2. The fourth-order valence-electron chi connectivity index (χ4n) is 3.77. The van der Waals surface area contributed by atoms with Crippen molar-refractivity contribution in [1.29, 1.82) is 5.26 Å². The van der Waals surface area contributed by atoms with Crippen molar-refractivity contribution in [3.63, 3.8) is 0 Å². The number of benzene rings is 1. The van der Waals surface area contributed by atoms with Crippen LogP contribution in [0, 0.1) is 11.3 Å². The minimum atomic E-state index is -1.78. The Morgan fingerprint density at radius 1 is 1.36 bits per heavy atom. The van der Waals surface area contributed by atoms with E-state index in [0.717, 1.165) is 6.07 Å². The molecule has 1 spiro atoms. The summed E-state index contributed by atoms with van der Waals surface area (Å²) in [5.74, 6) is -1.37. The largest absolute Gasteiger partial charge is 0.457 e. The molecule has 2 aromatic rings. The third-order valence-electron chi connectivity index (χ3n) is 4.87. The standard InChI is InChI=1S/C20H15N3O5/c1-2-7-23-14-6-4-3-5-12(14)20(19(23)26)13(9-21)18(22)28-16-15(25)8-11(10-24)27-17(16)20/h2-6,8,24H,1,7,10,22H2/t20-/m0/s1. The van der Waals surface area contributed by atoms with Gasteiger partial charge in [0.05, 0.1) is 0 Å². The molecule has 0 bridgehead atoms. The topological polar surface area (TPSA) is 130 Å². The van der Waals surface area contributed by atoms with Gasteiger partial charge in [0, 0.05) is 23.9 Å². The van der Waals surface area contributed by atoms with Crippen molar-refractivity contribution in [3.8, 4) is 11.8 Å². The van der Waals surface area contributed by atoms with E-state index in [9.17, 15) is 20.0 Å². The molecule has 0 aliphatic carbocycles. The van der Waals surface area contributed by atoms with Gasteiger partial charge in [0.2, 0.25) is 17.1 Å². The number of fused-ring (bicyclic) bond motifs is 4. The summed E-state index contributed by atoms with van der Waals surface area (Å²) in [7, 11) is 0. The fraction of sp³-hybridized carbons (Fsp3) is 0.150. The maximum absolute atomic E-state index is 13.7. The second kappa shape index (κ2) is 6.11. The number of amides is 1. The summed E-state index contributed by atoms with van der Waals surface area (Å²) in [5, 5.41) is 19.3. The number of anilines is 1. The smallest absolute Gasteiger partial charge is 0.251 e. The molecule has 2 aliphatic heterocycles. The number of ether oxygens (including phenoxy) is 1. The molecule has 0 fully saturated rings. The van der Waals surface area contributed by atoms with Crippen LogP contribution in [-0.2, 0) is 16.8 Å².